The molecule has 0 aliphatic carbocycles. The number of quaternary nitrogens is 1. The first-order valence-electron chi connectivity index (χ1n) is 15.8. The number of benzene rings is 2. The number of ether oxygens (including phenoxy) is 1. The standard InChI is InChI=1S/C34H55N2O4S.BrH/c1-8-13-20-34(21-14-9-2)26-41(38,39)31-19-18-28(35(6)7)25-30(31)32(33(34)37)27-16-15-17-29(24-27)40-23-22-36(10-3,11-4)12-5;/h15-19,24-25,32-33,37H,8-14,20-23,26H2,1-7H3;1H/q+1;/p-1/t32-,33-;/m1./s1. The molecule has 0 unspecified atom stereocenters. The lowest BCUT2D eigenvalue weighted by molar-refractivity contribution is -0.923. The van der Waals surface area contributed by atoms with Crippen LogP contribution in [0.1, 0.15) is 90.2 Å². The van der Waals surface area contributed by atoms with Crippen molar-refractivity contribution in [1.29, 1.82) is 0 Å². The monoisotopic (exact) mass is 666 g/mol. The highest BCUT2D eigenvalue weighted by molar-refractivity contribution is 7.91. The van der Waals surface area contributed by atoms with E-state index in [9.17, 15) is 13.5 Å². The Morgan fingerprint density at radius 3 is 2.12 bits per heavy atom. The summed E-state index contributed by atoms with van der Waals surface area (Å²) < 4.78 is 35.5. The van der Waals surface area contributed by atoms with Gasteiger partial charge in [-0.2, -0.15) is 0 Å². The number of rotatable bonds is 15. The first-order valence-corrected chi connectivity index (χ1v) is 17.5. The maximum absolute atomic E-state index is 14.1. The van der Waals surface area contributed by atoms with Crippen LogP contribution in [0.4, 0.5) is 5.69 Å². The van der Waals surface area contributed by atoms with Gasteiger partial charge in [0.2, 0.25) is 0 Å². The molecule has 0 radical (unpaired) electrons. The fourth-order valence-electron chi connectivity index (χ4n) is 6.69. The molecule has 2 aromatic carbocycles. The Morgan fingerprint density at radius 1 is 0.952 bits per heavy atom. The molecule has 0 amide bonds. The summed E-state index contributed by atoms with van der Waals surface area (Å²) in [6, 6.07) is 13.6. The summed E-state index contributed by atoms with van der Waals surface area (Å²) in [5, 5.41) is 12.4. The quantitative estimate of drug-likeness (QED) is 0.294. The number of hydrogen-bond acceptors (Lipinski definition) is 5. The van der Waals surface area contributed by atoms with Crippen molar-refractivity contribution in [3.05, 3.63) is 53.6 Å². The topological polar surface area (TPSA) is 66.8 Å². The minimum Gasteiger partial charge on any atom is -1.00 e. The number of halogens is 1. The second-order valence-corrected chi connectivity index (χ2v) is 14.3. The Labute approximate surface area is 266 Å². The minimum absolute atomic E-state index is 0. The molecule has 0 bridgehead atoms. The molecule has 0 fully saturated rings. The van der Waals surface area contributed by atoms with Crippen LogP contribution in [0.15, 0.2) is 47.4 Å². The Hall–Kier alpha value is -1.61. The molecular weight excluding hydrogens is 612 g/mol. The number of fused-ring (bicyclic) bond motifs is 1. The van der Waals surface area contributed by atoms with Crippen molar-refractivity contribution in [2.75, 3.05) is 57.5 Å². The van der Waals surface area contributed by atoms with E-state index in [1.165, 1.54) is 0 Å². The van der Waals surface area contributed by atoms with Gasteiger partial charge in [0.15, 0.2) is 9.84 Å². The Balaban J connectivity index is 0.00000616. The van der Waals surface area contributed by atoms with Crippen molar-refractivity contribution >= 4 is 15.5 Å². The molecule has 0 spiro atoms. The number of anilines is 1. The van der Waals surface area contributed by atoms with E-state index in [0.29, 0.717) is 29.9 Å². The molecule has 8 heteroatoms. The number of hydrogen-bond donors (Lipinski definition) is 1. The number of aliphatic hydroxyl groups excluding tert-OH is 1. The van der Waals surface area contributed by atoms with Crippen LogP contribution in [0.25, 0.3) is 0 Å². The molecular formula is C34H55BrN2O4S. The molecule has 1 heterocycles. The van der Waals surface area contributed by atoms with Crippen molar-refractivity contribution in [2.45, 2.75) is 90.1 Å². The van der Waals surface area contributed by atoms with E-state index >= 15 is 0 Å². The third-order valence-corrected chi connectivity index (χ3v) is 11.7. The summed E-state index contributed by atoms with van der Waals surface area (Å²) in [6.45, 7) is 15.7. The molecule has 1 aliphatic rings. The van der Waals surface area contributed by atoms with Gasteiger partial charge >= 0.3 is 0 Å². The predicted octanol–water partition coefficient (Wildman–Crippen LogP) is 3.66. The van der Waals surface area contributed by atoms with E-state index in [-0.39, 0.29) is 22.7 Å². The van der Waals surface area contributed by atoms with E-state index in [1.54, 1.807) is 6.07 Å². The van der Waals surface area contributed by atoms with E-state index in [2.05, 4.69) is 34.6 Å². The summed E-state index contributed by atoms with van der Waals surface area (Å²) in [7, 11) is 0.294. The molecule has 238 valence electrons. The fourth-order valence-corrected chi connectivity index (χ4v) is 8.88. The van der Waals surface area contributed by atoms with Crippen LogP contribution in [-0.2, 0) is 9.84 Å². The van der Waals surface area contributed by atoms with Gasteiger partial charge in [0.25, 0.3) is 0 Å². The highest BCUT2D eigenvalue weighted by atomic mass is 79.9. The SMILES string of the molecule is CCCCC1(CCCC)CS(=O)(=O)c2ccc(N(C)C)cc2[C@@H](c2cccc(OCC[N+](CC)(CC)CC)c2)[C@H]1O.[Br-]. The molecule has 42 heavy (non-hydrogen) atoms. The molecule has 3 rings (SSSR count). The zero-order chi connectivity index (χ0) is 30.3. The Kier molecular flexibility index (Phi) is 13.9. The smallest absolute Gasteiger partial charge is 0.179 e. The maximum Gasteiger partial charge on any atom is 0.179 e. The lowest BCUT2D eigenvalue weighted by Crippen LogP contribution is -3.00. The summed E-state index contributed by atoms with van der Waals surface area (Å²) in [6.07, 6.45) is 4.23. The van der Waals surface area contributed by atoms with Crippen molar-refractivity contribution in [2.24, 2.45) is 5.41 Å². The maximum atomic E-state index is 14.1. The van der Waals surface area contributed by atoms with Crippen molar-refractivity contribution in [1.82, 2.24) is 0 Å². The largest absolute Gasteiger partial charge is 1.00 e. The predicted molar refractivity (Wildman–Crippen MR) is 171 cm³/mol. The molecule has 0 saturated carbocycles. The van der Waals surface area contributed by atoms with Crippen LogP contribution < -0.4 is 26.6 Å². The van der Waals surface area contributed by atoms with Crippen LogP contribution >= 0.6 is 0 Å². The summed E-state index contributed by atoms with van der Waals surface area (Å²) in [5.74, 6) is 0.269. The normalized spacial score (nSPS) is 19.3. The van der Waals surface area contributed by atoms with Gasteiger partial charge in [0, 0.05) is 31.1 Å². The summed E-state index contributed by atoms with van der Waals surface area (Å²) >= 11 is 0. The highest BCUT2D eigenvalue weighted by Crippen LogP contribution is 2.50. The Bertz CT molecular complexity index is 1210. The molecule has 6 nitrogen and oxygen atoms in total. The van der Waals surface area contributed by atoms with Crippen molar-refractivity contribution < 1.29 is 39.7 Å². The van der Waals surface area contributed by atoms with E-state index in [1.807, 2.05) is 55.4 Å². The lowest BCUT2D eigenvalue weighted by atomic mass is 9.68. The van der Waals surface area contributed by atoms with Crippen molar-refractivity contribution in [3.63, 3.8) is 0 Å². The van der Waals surface area contributed by atoms with Gasteiger partial charge in [0.1, 0.15) is 18.9 Å². The van der Waals surface area contributed by atoms with E-state index in [0.717, 1.165) is 73.3 Å². The van der Waals surface area contributed by atoms with Crippen LogP contribution in [0.5, 0.6) is 5.75 Å². The highest BCUT2D eigenvalue weighted by Gasteiger charge is 2.49. The van der Waals surface area contributed by atoms with Crippen molar-refractivity contribution in [3.8, 4) is 5.75 Å². The van der Waals surface area contributed by atoms with Crippen LogP contribution in [-0.4, -0.2) is 76.7 Å². The number of nitrogens with zero attached hydrogens (tertiary/aromatic N) is 2. The molecule has 1 aliphatic heterocycles. The van der Waals surface area contributed by atoms with Gasteiger partial charge in [-0.05, 0) is 75.1 Å². The first kappa shape index (κ1) is 36.6. The average Bonchev–Trinajstić information content (AvgIpc) is 3.03. The third-order valence-electron chi connectivity index (χ3n) is 9.72. The number of likely N-dealkylation sites (N-methyl/N-ethyl adjacent to an activating group) is 1. The molecule has 0 aromatic heterocycles. The van der Waals surface area contributed by atoms with Crippen LogP contribution in [0.3, 0.4) is 0 Å². The van der Waals surface area contributed by atoms with Gasteiger partial charge in [-0.15, -0.1) is 0 Å². The summed E-state index contributed by atoms with van der Waals surface area (Å²) in [5.41, 5.74) is 1.80. The van der Waals surface area contributed by atoms with Gasteiger partial charge in [-0.1, -0.05) is 51.7 Å². The van der Waals surface area contributed by atoms with E-state index < -0.39 is 27.3 Å². The van der Waals surface area contributed by atoms with E-state index in [4.69, 9.17) is 4.74 Å². The van der Waals surface area contributed by atoms with Crippen LogP contribution in [0.2, 0.25) is 0 Å². The second-order valence-electron chi connectivity index (χ2n) is 12.3. The van der Waals surface area contributed by atoms with Gasteiger partial charge in [-0.3, -0.25) is 0 Å². The number of sulfone groups is 1. The zero-order valence-corrected chi connectivity index (χ0v) is 29.4. The molecule has 2 atom stereocenters. The van der Waals surface area contributed by atoms with Gasteiger partial charge in [0.05, 0.1) is 36.4 Å². The molecule has 1 N–H and O–H groups in total. The van der Waals surface area contributed by atoms with Gasteiger partial charge < -0.3 is 36.2 Å². The lowest BCUT2D eigenvalue weighted by Gasteiger charge is -2.40. The average molecular weight is 668 g/mol. The second kappa shape index (κ2) is 15.9. The van der Waals surface area contributed by atoms with Crippen LogP contribution in [0, 0.1) is 5.41 Å². The molecule has 2 aromatic rings. The summed E-state index contributed by atoms with van der Waals surface area (Å²) in [4.78, 5) is 2.34. The fraction of sp³-hybridized carbons (Fsp3) is 0.647. The minimum atomic E-state index is -3.62. The zero-order valence-electron chi connectivity index (χ0n) is 27.0. The first-order chi connectivity index (χ1) is 19.5. The number of unbranched alkanes of at least 4 members (excludes halogenated alkanes) is 2. The third kappa shape index (κ3) is 8.10. The number of aliphatic hydroxyl groups is 1. The van der Waals surface area contributed by atoms with Gasteiger partial charge in [-0.25, -0.2) is 8.42 Å². The Morgan fingerprint density at radius 2 is 1.57 bits per heavy atom. The molecule has 0 saturated heterocycles.